The number of carbonyl (C=O) groups is 2. The normalized spacial score (nSPS) is 15.8. The minimum absolute atomic E-state index is 0.346. The number of carbonyl (C=O) groups excluding carboxylic acids is 2. The van der Waals surface area contributed by atoms with Crippen LogP contribution in [-0.2, 0) is 0 Å². The summed E-state index contributed by atoms with van der Waals surface area (Å²) in [7, 11) is 0. The minimum Gasteiger partial charge on any atom is -0.493 e. The molecule has 2 aromatic carbocycles. The monoisotopic (exact) mass is 480 g/mol. The summed E-state index contributed by atoms with van der Waals surface area (Å²) in [6.45, 7) is 1.97. The van der Waals surface area contributed by atoms with Gasteiger partial charge in [0.2, 0.25) is 0 Å². The van der Waals surface area contributed by atoms with Crippen molar-refractivity contribution in [2.45, 2.75) is 38.5 Å². The SMILES string of the molecule is O=C(Cl)c1cc2cc(c1)OCCCCCOc1cc(cc(C(=O)Cl)c1)OCCCCCO2. The second kappa shape index (κ2) is 12.6. The molecule has 4 bridgehead atoms. The summed E-state index contributed by atoms with van der Waals surface area (Å²) in [4.78, 5) is 23.2. The molecule has 0 unspecified atom stereocenters. The largest absolute Gasteiger partial charge is 0.493 e. The van der Waals surface area contributed by atoms with E-state index in [4.69, 9.17) is 42.1 Å². The molecule has 6 nitrogen and oxygen atoms in total. The number of halogens is 2. The number of hydrogen-bond donors (Lipinski definition) is 0. The summed E-state index contributed by atoms with van der Waals surface area (Å²) in [6, 6.07) is 10.0. The van der Waals surface area contributed by atoms with Crippen molar-refractivity contribution in [1.29, 1.82) is 0 Å². The van der Waals surface area contributed by atoms with Gasteiger partial charge in [-0.1, -0.05) is 0 Å². The summed E-state index contributed by atoms with van der Waals surface area (Å²) >= 11 is 11.3. The molecular weight excluding hydrogens is 455 g/mol. The van der Waals surface area contributed by atoms with E-state index in [1.54, 1.807) is 36.4 Å². The van der Waals surface area contributed by atoms with Gasteiger partial charge in [-0.2, -0.15) is 0 Å². The van der Waals surface area contributed by atoms with Gasteiger partial charge in [-0.25, -0.2) is 0 Å². The zero-order valence-electron chi connectivity index (χ0n) is 17.7. The van der Waals surface area contributed by atoms with Gasteiger partial charge in [0.15, 0.2) is 0 Å². The highest BCUT2D eigenvalue weighted by molar-refractivity contribution is 6.68. The number of benzene rings is 2. The van der Waals surface area contributed by atoms with Gasteiger partial charge in [-0.15, -0.1) is 0 Å². The first-order valence-corrected chi connectivity index (χ1v) is 11.5. The Morgan fingerprint density at radius 2 is 0.781 bits per heavy atom. The van der Waals surface area contributed by atoms with Crippen LogP contribution in [0.4, 0.5) is 0 Å². The van der Waals surface area contributed by atoms with Crippen LogP contribution >= 0.6 is 23.2 Å². The van der Waals surface area contributed by atoms with Crippen LogP contribution in [0.5, 0.6) is 23.0 Å². The van der Waals surface area contributed by atoms with Crippen LogP contribution in [0.2, 0.25) is 0 Å². The molecule has 0 aliphatic carbocycles. The maximum Gasteiger partial charge on any atom is 0.252 e. The van der Waals surface area contributed by atoms with Crippen LogP contribution in [0.3, 0.4) is 0 Å². The van der Waals surface area contributed by atoms with Crippen LogP contribution in [0, 0.1) is 0 Å². The summed E-state index contributed by atoms with van der Waals surface area (Å²) < 4.78 is 23.2. The van der Waals surface area contributed by atoms with Crippen molar-refractivity contribution >= 4 is 33.7 Å². The van der Waals surface area contributed by atoms with Crippen LogP contribution in [0.25, 0.3) is 0 Å². The highest BCUT2D eigenvalue weighted by Gasteiger charge is 2.10. The van der Waals surface area contributed by atoms with E-state index in [0.717, 1.165) is 38.5 Å². The Morgan fingerprint density at radius 3 is 1.03 bits per heavy atom. The highest BCUT2D eigenvalue weighted by atomic mass is 35.5. The average molecular weight is 481 g/mol. The molecule has 2 aromatic rings. The number of hydrogen-bond acceptors (Lipinski definition) is 6. The topological polar surface area (TPSA) is 71.1 Å². The summed E-state index contributed by atoms with van der Waals surface area (Å²) in [5, 5.41) is -1.10. The first-order chi connectivity index (χ1) is 15.5. The van der Waals surface area contributed by atoms with E-state index < -0.39 is 10.5 Å². The molecule has 32 heavy (non-hydrogen) atoms. The number of ether oxygens (including phenoxy) is 4. The molecule has 172 valence electrons. The lowest BCUT2D eigenvalue weighted by atomic mass is 10.2. The average Bonchev–Trinajstić information content (AvgIpc) is 2.77. The third-order valence-corrected chi connectivity index (χ3v) is 5.30. The summed E-state index contributed by atoms with van der Waals surface area (Å²) in [5.74, 6) is 2.22. The maximum absolute atomic E-state index is 11.6. The minimum atomic E-state index is -0.550. The second-order valence-electron chi connectivity index (χ2n) is 7.45. The van der Waals surface area contributed by atoms with E-state index >= 15 is 0 Å². The molecule has 1 aliphatic heterocycles. The number of fused-ring (bicyclic) bond motifs is 4. The van der Waals surface area contributed by atoms with Crippen molar-refractivity contribution in [3.05, 3.63) is 47.5 Å². The van der Waals surface area contributed by atoms with Gasteiger partial charge < -0.3 is 18.9 Å². The lowest BCUT2D eigenvalue weighted by molar-refractivity contribution is 0.107. The highest BCUT2D eigenvalue weighted by Crippen LogP contribution is 2.26. The van der Waals surface area contributed by atoms with Crippen molar-refractivity contribution < 1.29 is 28.5 Å². The molecule has 1 aliphatic rings. The van der Waals surface area contributed by atoms with Gasteiger partial charge >= 0.3 is 0 Å². The smallest absolute Gasteiger partial charge is 0.252 e. The predicted octanol–water partition coefficient (Wildman–Crippen LogP) is 6.01. The molecule has 1 heterocycles. The molecule has 0 amide bonds. The quantitative estimate of drug-likeness (QED) is 0.489. The lowest BCUT2D eigenvalue weighted by Crippen LogP contribution is -2.05. The van der Waals surface area contributed by atoms with E-state index in [-0.39, 0.29) is 0 Å². The predicted molar refractivity (Wildman–Crippen MR) is 123 cm³/mol. The molecule has 8 heteroatoms. The summed E-state index contributed by atoms with van der Waals surface area (Å²) in [6.07, 6.45) is 5.02. The van der Waals surface area contributed by atoms with Crippen LogP contribution < -0.4 is 18.9 Å². The Kier molecular flexibility index (Phi) is 9.50. The van der Waals surface area contributed by atoms with Crippen molar-refractivity contribution in [1.82, 2.24) is 0 Å². The molecule has 0 aromatic heterocycles. The van der Waals surface area contributed by atoms with Gasteiger partial charge in [0.1, 0.15) is 23.0 Å². The number of rotatable bonds is 2. The fourth-order valence-electron chi connectivity index (χ4n) is 3.23. The van der Waals surface area contributed by atoms with Crippen molar-refractivity contribution in [3.8, 4) is 23.0 Å². The molecule has 0 fully saturated rings. The first-order valence-electron chi connectivity index (χ1n) is 10.7. The van der Waals surface area contributed by atoms with E-state index in [1.165, 1.54) is 0 Å². The molecule has 0 saturated heterocycles. The molecule has 0 atom stereocenters. The van der Waals surface area contributed by atoms with Crippen molar-refractivity contribution in [2.75, 3.05) is 26.4 Å². The van der Waals surface area contributed by atoms with E-state index in [2.05, 4.69) is 0 Å². The van der Waals surface area contributed by atoms with Gasteiger partial charge in [0, 0.05) is 23.3 Å². The van der Waals surface area contributed by atoms with E-state index in [0.29, 0.717) is 60.6 Å². The third kappa shape index (κ3) is 7.92. The molecular formula is C24H26Cl2O6. The Bertz CT molecular complexity index is 803. The lowest BCUT2D eigenvalue weighted by Gasteiger charge is -2.13. The van der Waals surface area contributed by atoms with Crippen molar-refractivity contribution in [3.63, 3.8) is 0 Å². The Hall–Kier alpha value is -2.44. The zero-order chi connectivity index (χ0) is 22.8. The Morgan fingerprint density at radius 1 is 0.500 bits per heavy atom. The Balaban J connectivity index is 1.65. The van der Waals surface area contributed by atoms with Crippen molar-refractivity contribution in [2.24, 2.45) is 0 Å². The fraction of sp³-hybridized carbons (Fsp3) is 0.417. The van der Waals surface area contributed by atoms with Gasteiger partial charge in [0.25, 0.3) is 10.5 Å². The standard InChI is InChI=1S/C24H26Cl2O6/c25-23(27)17-11-19-15-21(13-17)31-9-5-2-6-10-32-22-14-18(24(26)28)12-20(16-22)30-8-4-1-3-7-29-19/h11-16H,1-10H2. The molecule has 0 spiro atoms. The molecule has 0 saturated carbocycles. The van der Waals surface area contributed by atoms with E-state index in [1.807, 2.05) is 0 Å². The van der Waals surface area contributed by atoms with Crippen LogP contribution in [0.15, 0.2) is 36.4 Å². The molecule has 3 rings (SSSR count). The Labute approximate surface area is 197 Å². The van der Waals surface area contributed by atoms with Crippen LogP contribution in [-0.4, -0.2) is 36.9 Å². The van der Waals surface area contributed by atoms with Crippen LogP contribution in [0.1, 0.15) is 59.2 Å². The van der Waals surface area contributed by atoms with Gasteiger partial charge in [0.05, 0.1) is 26.4 Å². The third-order valence-electron chi connectivity index (χ3n) is 4.87. The fourth-order valence-corrected chi connectivity index (χ4v) is 3.44. The first kappa shape index (κ1) is 24.2. The molecule has 0 N–H and O–H groups in total. The maximum atomic E-state index is 11.6. The molecule has 0 radical (unpaired) electrons. The van der Waals surface area contributed by atoms with Gasteiger partial charge in [-0.05, 0) is 86.0 Å². The second-order valence-corrected chi connectivity index (χ2v) is 8.14. The van der Waals surface area contributed by atoms with E-state index in [9.17, 15) is 9.59 Å². The van der Waals surface area contributed by atoms with Gasteiger partial charge in [-0.3, -0.25) is 9.59 Å². The summed E-state index contributed by atoms with van der Waals surface area (Å²) in [5.41, 5.74) is 0.693. The zero-order valence-corrected chi connectivity index (χ0v) is 19.3.